The fourth-order valence-electron chi connectivity index (χ4n) is 2.99. The number of likely N-dealkylation sites (N-methyl/N-ethyl adjacent to an activating group) is 3. The standard InChI is InChI=1S/3C6H12N2S2.Fe/c3*1-7-2-4-8(5-3-7)6(9)10;/h3*2-5H2,1H3,(H,9,10);/q;;;+3. The van der Waals surface area contributed by atoms with Crippen molar-refractivity contribution in [3.8, 4) is 0 Å². The largest absolute Gasteiger partial charge is 3.00 e. The molecule has 3 aliphatic rings. The summed E-state index contributed by atoms with van der Waals surface area (Å²) in [6.07, 6.45) is 0. The summed E-state index contributed by atoms with van der Waals surface area (Å²) < 4.78 is 2.19. The van der Waals surface area contributed by atoms with Crippen LogP contribution in [-0.4, -0.2) is 142 Å². The van der Waals surface area contributed by atoms with Gasteiger partial charge in [-0.1, -0.05) is 0 Å². The van der Waals surface area contributed by atoms with E-state index in [-0.39, 0.29) is 17.1 Å². The Balaban J connectivity index is 0.000000429. The fraction of sp³-hybridized carbons (Fsp3) is 0.833. The van der Waals surface area contributed by atoms with Crippen LogP contribution in [0, 0.1) is 0 Å². The number of piperazine rings is 3. The monoisotopic (exact) mass is 584 g/mol. The van der Waals surface area contributed by atoms with E-state index in [4.69, 9.17) is 37.9 Å². The van der Waals surface area contributed by atoms with Gasteiger partial charge in [-0.15, -0.1) is 0 Å². The molecule has 3 aliphatic heterocycles. The molecule has 3 saturated heterocycles. The molecule has 6 nitrogen and oxygen atoms in total. The minimum atomic E-state index is 0. The van der Waals surface area contributed by atoms with E-state index in [9.17, 15) is 0 Å². The molecule has 0 aromatic rings. The Morgan fingerprint density at radius 2 is 0.613 bits per heavy atom. The second-order valence-electron chi connectivity index (χ2n) is 7.72. The number of hydrogen-bond acceptors (Lipinski definition) is 6. The molecule has 0 saturated carbocycles. The Bertz CT molecular complexity index is 472. The van der Waals surface area contributed by atoms with Crippen LogP contribution >= 0.6 is 0 Å². The Labute approximate surface area is 232 Å². The first kappa shape index (κ1) is 32.6. The summed E-state index contributed by atoms with van der Waals surface area (Å²) in [6, 6.07) is 0. The Morgan fingerprint density at radius 3 is 0.742 bits per heavy atom. The van der Waals surface area contributed by atoms with E-state index < -0.39 is 0 Å². The molecule has 0 N–H and O–H groups in total. The maximum Gasteiger partial charge on any atom is 3.00 e. The molecular weight excluding hydrogens is 548 g/mol. The molecule has 1 radical (unpaired) electrons. The third kappa shape index (κ3) is 14.6. The number of nitrogens with zero attached hydrogens (tertiary/aromatic N) is 6. The Morgan fingerprint density at radius 1 is 0.452 bits per heavy atom. The number of hydrogen-bond donors (Lipinski definition) is 0. The van der Waals surface area contributed by atoms with Gasteiger partial charge in [0.1, 0.15) is 49.6 Å². The third-order valence-corrected chi connectivity index (χ3v) is 6.94. The molecule has 0 aromatic carbocycles. The van der Waals surface area contributed by atoms with Crippen molar-refractivity contribution in [3.05, 3.63) is 0 Å². The van der Waals surface area contributed by atoms with Crippen molar-refractivity contribution in [1.29, 1.82) is 0 Å². The van der Waals surface area contributed by atoms with Crippen molar-refractivity contribution in [1.82, 2.24) is 29.4 Å². The van der Waals surface area contributed by atoms with Crippen LogP contribution in [0.2, 0.25) is 0 Å². The van der Waals surface area contributed by atoms with Gasteiger partial charge in [-0.2, -0.15) is 0 Å². The van der Waals surface area contributed by atoms with Gasteiger partial charge in [0, 0.05) is 78.5 Å². The van der Waals surface area contributed by atoms with Crippen molar-refractivity contribution in [2.45, 2.75) is 0 Å². The SMILES string of the molecule is CN1CCN(C([S-])=[SH+])CC1.CN1CCN(C([S-])=[SH+])CC1.CN1CCN(C([S-])=[SH+])CC1.[Fe+3]. The van der Waals surface area contributed by atoms with E-state index in [1.54, 1.807) is 0 Å². The molecule has 0 atom stereocenters. The molecule has 3 heterocycles. The van der Waals surface area contributed by atoms with E-state index in [1.165, 1.54) is 0 Å². The summed E-state index contributed by atoms with van der Waals surface area (Å²) in [7, 11) is 6.37. The number of thiol groups is 3. The van der Waals surface area contributed by atoms with Crippen molar-refractivity contribution >= 4 is 87.5 Å². The zero-order valence-corrected chi connectivity index (χ0v) is 24.8. The molecule has 0 unspecified atom stereocenters. The van der Waals surface area contributed by atoms with E-state index in [0.717, 1.165) is 91.5 Å². The minimum Gasteiger partial charge on any atom is -0.680 e. The Hall–Kier alpha value is 1.60. The van der Waals surface area contributed by atoms with Crippen molar-refractivity contribution in [2.24, 2.45) is 0 Å². The molecule has 3 rings (SSSR count). The van der Waals surface area contributed by atoms with Crippen molar-refractivity contribution < 1.29 is 17.1 Å². The molecule has 0 amide bonds. The molecule has 0 bridgehead atoms. The summed E-state index contributed by atoms with van der Waals surface area (Å²) in [5, 5.41) is 0. The van der Waals surface area contributed by atoms with E-state index in [1.807, 2.05) is 0 Å². The van der Waals surface area contributed by atoms with E-state index >= 15 is 0 Å². The zero-order valence-electron chi connectivity index (χ0n) is 18.6. The van der Waals surface area contributed by atoms with Gasteiger partial charge in [0.15, 0.2) is 0 Å². The molecule has 0 aliphatic carbocycles. The zero-order chi connectivity index (χ0) is 22.7. The summed E-state index contributed by atoms with van der Waals surface area (Å²) >= 11 is 27.1. The average molecular weight is 585 g/mol. The first-order valence-corrected chi connectivity index (χ1v) is 12.7. The van der Waals surface area contributed by atoms with Gasteiger partial charge in [-0.25, -0.2) is 0 Å². The van der Waals surface area contributed by atoms with Crippen molar-refractivity contribution in [2.75, 3.05) is 99.7 Å². The van der Waals surface area contributed by atoms with Gasteiger partial charge in [-0.3, -0.25) is 14.7 Å². The van der Waals surface area contributed by atoms with Gasteiger partial charge < -0.3 is 52.6 Å². The maximum absolute atomic E-state index is 4.93. The second-order valence-corrected chi connectivity index (χ2v) is 11.1. The summed E-state index contributed by atoms with van der Waals surface area (Å²) in [6.45, 7) is 12.7. The summed E-state index contributed by atoms with van der Waals surface area (Å²) in [5.74, 6) is 0. The van der Waals surface area contributed by atoms with Crippen LogP contribution in [0.5, 0.6) is 0 Å². The average Bonchev–Trinajstić information content (AvgIpc) is 2.70. The minimum absolute atomic E-state index is 0. The predicted octanol–water partition coefficient (Wildman–Crippen LogP) is -2.56. The van der Waals surface area contributed by atoms with Crippen molar-refractivity contribution in [3.63, 3.8) is 0 Å². The molecule has 13 heteroatoms. The van der Waals surface area contributed by atoms with Gasteiger partial charge in [0.25, 0.3) is 0 Å². The first-order chi connectivity index (χ1) is 14.1. The number of rotatable bonds is 0. The van der Waals surface area contributed by atoms with E-state index in [0.29, 0.717) is 0 Å². The van der Waals surface area contributed by atoms with Gasteiger partial charge in [0.2, 0.25) is 0 Å². The molecule has 179 valence electrons. The van der Waals surface area contributed by atoms with Crippen LogP contribution in [-0.2, 0) is 91.6 Å². The predicted molar refractivity (Wildman–Crippen MR) is 151 cm³/mol. The van der Waals surface area contributed by atoms with Crippen LogP contribution in [0.15, 0.2) is 0 Å². The van der Waals surface area contributed by atoms with Crippen LogP contribution in [0.4, 0.5) is 0 Å². The molecular formula is C18H36FeN6S6+3. The molecule has 0 aromatic heterocycles. The Kier molecular flexibility index (Phi) is 18.9. The van der Waals surface area contributed by atoms with Crippen LogP contribution in [0.3, 0.4) is 0 Å². The molecule has 0 spiro atoms. The van der Waals surface area contributed by atoms with Crippen LogP contribution < -0.4 is 0 Å². The summed E-state index contributed by atoms with van der Waals surface area (Å²) in [4.78, 5) is 13.3. The van der Waals surface area contributed by atoms with Gasteiger partial charge >= 0.3 is 17.1 Å². The smallest absolute Gasteiger partial charge is 0.680 e. The van der Waals surface area contributed by atoms with Gasteiger partial charge in [0.05, 0.1) is 0 Å². The fourth-order valence-corrected chi connectivity index (χ4v) is 4.14. The molecule has 31 heavy (non-hydrogen) atoms. The van der Waals surface area contributed by atoms with Crippen LogP contribution in [0.25, 0.3) is 0 Å². The first-order valence-electron chi connectivity index (χ1n) is 10.1. The summed E-state index contributed by atoms with van der Waals surface area (Å²) in [5.41, 5.74) is 0. The normalized spacial score (nSPS) is 22.3. The quantitative estimate of drug-likeness (QED) is 0.0999. The molecule has 3 fully saturated rings. The van der Waals surface area contributed by atoms with E-state index in [2.05, 4.69) is 87.2 Å². The van der Waals surface area contributed by atoms with Gasteiger partial charge in [-0.05, 0) is 21.1 Å². The topological polar surface area (TPSA) is 19.4 Å². The maximum atomic E-state index is 4.93. The third-order valence-electron chi connectivity index (χ3n) is 5.32. The van der Waals surface area contributed by atoms with Crippen LogP contribution in [0.1, 0.15) is 0 Å². The second kappa shape index (κ2) is 18.0.